The molecule has 1 aliphatic rings. The Morgan fingerprint density at radius 3 is 2.34 bits per heavy atom. The first-order valence-corrected chi connectivity index (χ1v) is 13.1. The number of amides is 2. The second-order valence-corrected chi connectivity index (χ2v) is 10.3. The molecular formula is C26H29N3O5S. The summed E-state index contributed by atoms with van der Waals surface area (Å²) >= 11 is 0. The van der Waals surface area contributed by atoms with Crippen molar-refractivity contribution in [3.63, 3.8) is 0 Å². The third-order valence-electron chi connectivity index (χ3n) is 6.23. The number of anilines is 1. The highest BCUT2D eigenvalue weighted by Gasteiger charge is 2.36. The molecule has 4 rings (SSSR count). The first-order chi connectivity index (χ1) is 16.8. The third-order valence-corrected chi connectivity index (χ3v) is 8.30. The maximum Gasteiger partial charge on any atom is 0.243 e. The van der Waals surface area contributed by atoms with Crippen LogP contribution in [0, 0.1) is 5.92 Å². The van der Waals surface area contributed by atoms with Crippen LogP contribution in [0.15, 0.2) is 82.3 Å². The van der Waals surface area contributed by atoms with Gasteiger partial charge in [-0.15, -0.1) is 0 Å². The van der Waals surface area contributed by atoms with E-state index in [2.05, 4.69) is 5.32 Å². The molecule has 2 amide bonds. The fourth-order valence-corrected chi connectivity index (χ4v) is 5.78. The van der Waals surface area contributed by atoms with Gasteiger partial charge in [-0.2, -0.15) is 4.31 Å². The highest BCUT2D eigenvalue weighted by molar-refractivity contribution is 7.89. The van der Waals surface area contributed by atoms with Crippen molar-refractivity contribution in [2.45, 2.75) is 31.2 Å². The average molecular weight is 496 g/mol. The van der Waals surface area contributed by atoms with Gasteiger partial charge in [-0.05, 0) is 42.0 Å². The molecule has 0 spiro atoms. The number of nitrogens with one attached hydrogen (secondary N) is 1. The number of carbonyl (C=O) groups is 2. The van der Waals surface area contributed by atoms with Crippen LogP contribution in [0.25, 0.3) is 0 Å². The lowest BCUT2D eigenvalue weighted by atomic mass is 10.0. The number of carbonyl (C=O) groups excluding carboxylic acids is 2. The van der Waals surface area contributed by atoms with Crippen LogP contribution < -0.4 is 10.2 Å². The highest BCUT2D eigenvalue weighted by atomic mass is 32.2. The monoisotopic (exact) mass is 495 g/mol. The Morgan fingerprint density at radius 1 is 1.06 bits per heavy atom. The van der Waals surface area contributed by atoms with Gasteiger partial charge < -0.3 is 14.6 Å². The van der Waals surface area contributed by atoms with Crippen LogP contribution in [0.3, 0.4) is 0 Å². The molecule has 8 nitrogen and oxygen atoms in total. The number of benzene rings is 2. The van der Waals surface area contributed by atoms with Crippen LogP contribution in [-0.2, 0) is 19.6 Å². The van der Waals surface area contributed by atoms with E-state index in [1.165, 1.54) is 21.3 Å². The minimum atomic E-state index is -3.58. The Morgan fingerprint density at radius 2 is 1.74 bits per heavy atom. The van der Waals surface area contributed by atoms with Crippen molar-refractivity contribution < 1.29 is 22.4 Å². The summed E-state index contributed by atoms with van der Waals surface area (Å²) in [6, 6.07) is 18.8. The van der Waals surface area contributed by atoms with Gasteiger partial charge in [-0.1, -0.05) is 44.2 Å². The standard InChI is InChI=1S/C26H29N3O5S/c1-3-28(4-2)35(32,33)22-14-12-21(13-15-22)29-18-20(17-24(29)30)26(31)27-25(23-11-8-16-34-23)19-9-6-5-7-10-19/h5-16,20,25H,3-4,17-18H2,1-2H3,(H,27,31). The summed E-state index contributed by atoms with van der Waals surface area (Å²) in [5.41, 5.74) is 1.44. The second-order valence-electron chi connectivity index (χ2n) is 8.36. The topological polar surface area (TPSA) is 99.9 Å². The van der Waals surface area contributed by atoms with E-state index < -0.39 is 22.0 Å². The highest BCUT2D eigenvalue weighted by Crippen LogP contribution is 2.29. The predicted octanol–water partition coefficient (Wildman–Crippen LogP) is 3.57. The molecule has 1 fully saturated rings. The summed E-state index contributed by atoms with van der Waals surface area (Å²) in [5, 5.41) is 3.03. The van der Waals surface area contributed by atoms with Crippen molar-refractivity contribution in [3.05, 3.63) is 84.3 Å². The lowest BCUT2D eigenvalue weighted by Gasteiger charge is -2.21. The lowest BCUT2D eigenvalue weighted by molar-refractivity contribution is -0.126. The van der Waals surface area contributed by atoms with Crippen molar-refractivity contribution in [2.24, 2.45) is 5.92 Å². The Kier molecular flexibility index (Phi) is 7.37. The van der Waals surface area contributed by atoms with Gasteiger partial charge in [0.15, 0.2) is 0 Å². The van der Waals surface area contributed by atoms with E-state index in [1.807, 2.05) is 30.3 Å². The molecule has 2 aromatic carbocycles. The summed E-state index contributed by atoms with van der Waals surface area (Å²) in [6.07, 6.45) is 1.63. The van der Waals surface area contributed by atoms with E-state index in [0.29, 0.717) is 24.5 Å². The molecule has 2 heterocycles. The van der Waals surface area contributed by atoms with Crippen LogP contribution in [0.4, 0.5) is 5.69 Å². The molecule has 184 valence electrons. The predicted molar refractivity (Wildman–Crippen MR) is 132 cm³/mol. The van der Waals surface area contributed by atoms with Crippen molar-refractivity contribution in [3.8, 4) is 0 Å². The lowest BCUT2D eigenvalue weighted by Crippen LogP contribution is -2.36. The summed E-state index contributed by atoms with van der Waals surface area (Å²) in [7, 11) is -3.58. The fraction of sp³-hybridized carbons (Fsp3) is 0.308. The van der Waals surface area contributed by atoms with Gasteiger partial charge in [-0.25, -0.2) is 8.42 Å². The summed E-state index contributed by atoms with van der Waals surface area (Å²) < 4.78 is 32.4. The quantitative estimate of drug-likeness (QED) is 0.489. The van der Waals surface area contributed by atoms with Gasteiger partial charge in [0.05, 0.1) is 17.1 Å². The minimum Gasteiger partial charge on any atom is -0.467 e. The van der Waals surface area contributed by atoms with Gasteiger partial charge in [0.25, 0.3) is 0 Å². The molecule has 1 N–H and O–H groups in total. The van der Waals surface area contributed by atoms with Gasteiger partial charge in [-0.3, -0.25) is 9.59 Å². The molecule has 0 aliphatic carbocycles. The molecule has 2 unspecified atom stereocenters. The smallest absolute Gasteiger partial charge is 0.243 e. The van der Waals surface area contributed by atoms with Crippen LogP contribution >= 0.6 is 0 Å². The second kappa shape index (κ2) is 10.5. The molecule has 1 aliphatic heterocycles. The van der Waals surface area contributed by atoms with Crippen LogP contribution in [-0.4, -0.2) is 44.2 Å². The first kappa shape index (κ1) is 24.7. The molecule has 0 radical (unpaired) electrons. The van der Waals surface area contributed by atoms with Crippen molar-refractivity contribution >= 4 is 27.5 Å². The van der Waals surface area contributed by atoms with Crippen molar-refractivity contribution in [1.29, 1.82) is 0 Å². The van der Waals surface area contributed by atoms with E-state index in [-0.39, 0.29) is 29.7 Å². The fourth-order valence-electron chi connectivity index (χ4n) is 4.32. The van der Waals surface area contributed by atoms with Crippen LogP contribution in [0.1, 0.15) is 37.6 Å². The molecule has 0 saturated carbocycles. The van der Waals surface area contributed by atoms with E-state index in [1.54, 1.807) is 44.4 Å². The SMILES string of the molecule is CCN(CC)S(=O)(=O)c1ccc(N2CC(C(=O)NC(c3ccccc3)c3ccco3)CC2=O)cc1. The molecule has 2 atom stereocenters. The zero-order chi connectivity index (χ0) is 25.0. The number of nitrogens with zero attached hydrogens (tertiary/aromatic N) is 2. The van der Waals surface area contributed by atoms with Crippen LogP contribution in [0.5, 0.6) is 0 Å². The number of hydrogen-bond donors (Lipinski definition) is 1. The average Bonchev–Trinajstić information content (AvgIpc) is 3.54. The zero-order valence-electron chi connectivity index (χ0n) is 19.8. The maximum absolute atomic E-state index is 13.2. The van der Waals surface area contributed by atoms with Crippen molar-refractivity contribution in [2.75, 3.05) is 24.5 Å². The first-order valence-electron chi connectivity index (χ1n) is 11.6. The minimum absolute atomic E-state index is 0.0744. The van der Waals surface area contributed by atoms with E-state index in [9.17, 15) is 18.0 Å². The Balaban J connectivity index is 1.48. The van der Waals surface area contributed by atoms with Gasteiger partial charge in [0.1, 0.15) is 11.8 Å². The van der Waals surface area contributed by atoms with E-state index >= 15 is 0 Å². The molecular weight excluding hydrogens is 466 g/mol. The Hall–Kier alpha value is -3.43. The molecule has 0 bridgehead atoms. The maximum atomic E-state index is 13.2. The molecule has 1 saturated heterocycles. The molecule has 1 aromatic heterocycles. The molecule has 35 heavy (non-hydrogen) atoms. The number of rotatable bonds is 9. The van der Waals surface area contributed by atoms with Gasteiger partial charge >= 0.3 is 0 Å². The molecule has 9 heteroatoms. The van der Waals surface area contributed by atoms with Crippen molar-refractivity contribution in [1.82, 2.24) is 9.62 Å². The largest absolute Gasteiger partial charge is 0.467 e. The number of hydrogen-bond acceptors (Lipinski definition) is 5. The van der Waals surface area contributed by atoms with Gasteiger partial charge in [0.2, 0.25) is 21.8 Å². The summed E-state index contributed by atoms with van der Waals surface area (Å²) in [6.45, 7) is 4.55. The zero-order valence-corrected chi connectivity index (χ0v) is 20.6. The third kappa shape index (κ3) is 5.16. The number of furan rings is 1. The Bertz CT molecular complexity index is 1250. The Labute approximate surface area is 205 Å². The van der Waals surface area contributed by atoms with E-state index in [0.717, 1.165) is 5.56 Å². The molecule has 3 aromatic rings. The van der Waals surface area contributed by atoms with Crippen LogP contribution in [0.2, 0.25) is 0 Å². The normalized spacial score (nSPS) is 17.1. The summed E-state index contributed by atoms with van der Waals surface area (Å²) in [4.78, 5) is 27.6. The summed E-state index contributed by atoms with van der Waals surface area (Å²) in [5.74, 6) is -0.357. The number of sulfonamides is 1. The van der Waals surface area contributed by atoms with E-state index in [4.69, 9.17) is 4.42 Å². The van der Waals surface area contributed by atoms with Gasteiger partial charge in [0, 0.05) is 31.7 Å².